The number of phosphoric ester groups is 1. The maximum absolute atomic E-state index is 12.5. The van der Waals surface area contributed by atoms with Gasteiger partial charge in [-0.15, -0.1) is 0 Å². The van der Waals surface area contributed by atoms with Crippen LogP contribution in [0.3, 0.4) is 0 Å². The van der Waals surface area contributed by atoms with Crippen LogP contribution in [0, 0.1) is 0 Å². The first-order valence-electron chi connectivity index (χ1n) is 19.8. The van der Waals surface area contributed by atoms with Gasteiger partial charge in [-0.3, -0.25) is 18.6 Å². The van der Waals surface area contributed by atoms with Crippen LogP contribution in [-0.2, 0) is 32.7 Å². The van der Waals surface area contributed by atoms with Crippen molar-refractivity contribution in [1.29, 1.82) is 0 Å². The maximum Gasteiger partial charge on any atom is 0.472 e. The number of carbonyl (C=O) groups is 2. The molecule has 9 nitrogen and oxygen atoms in total. The number of allylic oxidation sites excluding steroid dienone is 4. The van der Waals surface area contributed by atoms with Crippen LogP contribution in [0.5, 0.6) is 0 Å². The van der Waals surface area contributed by atoms with Crippen LogP contribution in [0.25, 0.3) is 0 Å². The van der Waals surface area contributed by atoms with E-state index in [1.807, 2.05) is 0 Å². The number of esters is 2. The smallest absolute Gasteiger partial charge is 0.462 e. The highest BCUT2D eigenvalue weighted by atomic mass is 31.2. The van der Waals surface area contributed by atoms with E-state index in [0.717, 1.165) is 64.2 Å². The summed E-state index contributed by atoms with van der Waals surface area (Å²) in [5.74, 6) is -0.842. The van der Waals surface area contributed by atoms with E-state index in [-0.39, 0.29) is 32.6 Å². The van der Waals surface area contributed by atoms with E-state index in [1.165, 1.54) is 83.5 Å². The molecule has 2 atom stereocenters. The molecule has 0 bridgehead atoms. The van der Waals surface area contributed by atoms with Crippen molar-refractivity contribution in [2.24, 2.45) is 5.73 Å². The number of carbonyl (C=O) groups excluding carboxylic acids is 2. The summed E-state index contributed by atoms with van der Waals surface area (Å²) in [4.78, 5) is 34.7. The first kappa shape index (κ1) is 47.5. The van der Waals surface area contributed by atoms with Gasteiger partial charge in [-0.05, 0) is 64.2 Å². The molecule has 288 valence electrons. The van der Waals surface area contributed by atoms with Gasteiger partial charge in [0.15, 0.2) is 6.10 Å². The molecule has 0 aromatic heterocycles. The fourth-order valence-electron chi connectivity index (χ4n) is 5.33. The molecule has 0 spiro atoms. The van der Waals surface area contributed by atoms with Crippen molar-refractivity contribution >= 4 is 19.8 Å². The summed E-state index contributed by atoms with van der Waals surface area (Å²) in [6.45, 7) is 3.68. The lowest BCUT2D eigenvalue weighted by molar-refractivity contribution is -0.161. The van der Waals surface area contributed by atoms with Crippen LogP contribution in [0.15, 0.2) is 24.3 Å². The average Bonchev–Trinajstić information content (AvgIpc) is 3.08. The number of phosphoric acid groups is 1. The van der Waals surface area contributed by atoms with Gasteiger partial charge in [-0.2, -0.15) is 0 Å². The highest BCUT2D eigenvalue weighted by Gasteiger charge is 2.25. The Bertz CT molecular complexity index is 866. The zero-order chi connectivity index (χ0) is 36.1. The van der Waals surface area contributed by atoms with Crippen LogP contribution < -0.4 is 5.73 Å². The second kappa shape index (κ2) is 36.3. The minimum absolute atomic E-state index is 0.0524. The lowest BCUT2D eigenvalue weighted by Gasteiger charge is -2.19. The molecular formula is C39H74NO8P. The Morgan fingerprint density at radius 1 is 0.592 bits per heavy atom. The lowest BCUT2D eigenvalue weighted by Crippen LogP contribution is -2.29. The third kappa shape index (κ3) is 36.1. The molecule has 0 rings (SSSR count). The number of unbranched alkanes of at least 4 members (excludes halogenated alkanes) is 20. The predicted molar refractivity (Wildman–Crippen MR) is 201 cm³/mol. The molecule has 3 N–H and O–H groups in total. The first-order chi connectivity index (χ1) is 23.8. The summed E-state index contributed by atoms with van der Waals surface area (Å²) < 4.78 is 32.7. The van der Waals surface area contributed by atoms with Gasteiger partial charge >= 0.3 is 19.8 Å². The van der Waals surface area contributed by atoms with Crippen LogP contribution in [0.1, 0.15) is 181 Å². The number of hydrogen-bond acceptors (Lipinski definition) is 8. The molecule has 0 aromatic carbocycles. The van der Waals surface area contributed by atoms with Crippen molar-refractivity contribution in [2.45, 2.75) is 187 Å². The molecule has 49 heavy (non-hydrogen) atoms. The molecule has 0 saturated carbocycles. The molecule has 0 amide bonds. The van der Waals surface area contributed by atoms with Crippen LogP contribution in [0.2, 0.25) is 0 Å². The molecule has 0 aliphatic rings. The molecule has 0 aromatic rings. The summed E-state index contributed by atoms with van der Waals surface area (Å²) in [6.07, 6.45) is 36.3. The molecule has 0 aliphatic carbocycles. The highest BCUT2D eigenvalue weighted by molar-refractivity contribution is 7.47. The molecule has 0 fully saturated rings. The van der Waals surface area contributed by atoms with E-state index in [0.29, 0.717) is 6.42 Å². The maximum atomic E-state index is 12.5. The fourth-order valence-corrected chi connectivity index (χ4v) is 6.09. The van der Waals surface area contributed by atoms with E-state index >= 15 is 0 Å². The van der Waals surface area contributed by atoms with Gasteiger partial charge in [0.05, 0.1) is 13.2 Å². The predicted octanol–water partition coefficient (Wildman–Crippen LogP) is 10.8. The quantitative estimate of drug-likeness (QED) is 0.0279. The van der Waals surface area contributed by atoms with Crippen LogP contribution >= 0.6 is 7.82 Å². The zero-order valence-corrected chi connectivity index (χ0v) is 32.3. The molecule has 0 saturated heterocycles. The number of hydrogen-bond donors (Lipinski definition) is 2. The van der Waals surface area contributed by atoms with Crippen molar-refractivity contribution in [3.8, 4) is 0 Å². The average molecular weight is 716 g/mol. The summed E-state index contributed by atoms with van der Waals surface area (Å²) in [5, 5.41) is 0. The zero-order valence-electron chi connectivity index (χ0n) is 31.4. The van der Waals surface area contributed by atoms with Gasteiger partial charge < -0.3 is 20.1 Å². The number of ether oxygens (including phenoxy) is 2. The van der Waals surface area contributed by atoms with Crippen molar-refractivity contribution in [3.63, 3.8) is 0 Å². The molecule has 10 heteroatoms. The van der Waals surface area contributed by atoms with Gasteiger partial charge in [-0.25, -0.2) is 4.57 Å². The van der Waals surface area contributed by atoms with Crippen LogP contribution in [-0.4, -0.2) is 49.3 Å². The molecule has 0 radical (unpaired) electrons. The van der Waals surface area contributed by atoms with Gasteiger partial charge in [0.25, 0.3) is 0 Å². The summed E-state index contributed by atoms with van der Waals surface area (Å²) in [6, 6.07) is 0. The van der Waals surface area contributed by atoms with Crippen molar-refractivity contribution < 1.29 is 37.6 Å². The minimum atomic E-state index is -4.37. The summed E-state index contributed by atoms with van der Waals surface area (Å²) in [5.41, 5.74) is 5.33. The van der Waals surface area contributed by atoms with E-state index in [1.54, 1.807) is 0 Å². The van der Waals surface area contributed by atoms with Crippen molar-refractivity contribution in [3.05, 3.63) is 24.3 Å². The largest absolute Gasteiger partial charge is 0.472 e. The Labute approximate surface area is 300 Å². The Morgan fingerprint density at radius 3 is 1.45 bits per heavy atom. The first-order valence-corrected chi connectivity index (χ1v) is 21.3. The summed E-state index contributed by atoms with van der Waals surface area (Å²) >= 11 is 0. The monoisotopic (exact) mass is 716 g/mol. The standard InChI is InChI=1S/C39H74NO8P/c1-3-5-7-9-11-13-15-17-18-20-22-24-26-28-30-32-39(42)48-37(36-47-49(43,44)46-34-33-40)35-45-38(41)31-29-27-25-23-21-19-16-14-12-10-8-6-4-2/h13-16,37H,3-12,17-36,40H2,1-2H3,(H,43,44)/b15-13-,16-14-/t37-/m1/s1. The second-order valence-corrected chi connectivity index (χ2v) is 14.6. The van der Waals surface area contributed by atoms with Gasteiger partial charge in [0.1, 0.15) is 6.61 Å². The van der Waals surface area contributed by atoms with Gasteiger partial charge in [0.2, 0.25) is 0 Å². The van der Waals surface area contributed by atoms with Crippen molar-refractivity contribution in [2.75, 3.05) is 26.4 Å². The Hall–Kier alpha value is -1.51. The SMILES string of the molecule is CCCCCC/C=C\CCCCCCCCCC(=O)O[C@H](COC(=O)CCCCCCC/C=C\CCCCCC)COP(=O)(O)OCCN. The third-order valence-corrected chi connectivity index (χ3v) is 9.29. The normalized spacial score (nSPS) is 13.6. The van der Waals surface area contributed by atoms with Crippen LogP contribution in [0.4, 0.5) is 0 Å². The summed E-state index contributed by atoms with van der Waals surface area (Å²) in [7, 11) is -4.37. The van der Waals surface area contributed by atoms with E-state index < -0.39 is 32.5 Å². The number of rotatable bonds is 37. The lowest BCUT2D eigenvalue weighted by atomic mass is 10.1. The van der Waals surface area contributed by atoms with Crippen molar-refractivity contribution in [1.82, 2.24) is 0 Å². The highest BCUT2D eigenvalue weighted by Crippen LogP contribution is 2.43. The Morgan fingerprint density at radius 2 is 1.00 bits per heavy atom. The second-order valence-electron chi connectivity index (χ2n) is 13.1. The van der Waals surface area contributed by atoms with E-state index in [4.69, 9.17) is 24.3 Å². The Kier molecular flexibility index (Phi) is 35.2. The van der Waals surface area contributed by atoms with Gasteiger partial charge in [0, 0.05) is 19.4 Å². The van der Waals surface area contributed by atoms with Gasteiger partial charge in [-0.1, -0.05) is 128 Å². The molecule has 1 unspecified atom stereocenters. The van der Waals surface area contributed by atoms with E-state index in [9.17, 15) is 19.0 Å². The molecule has 0 aliphatic heterocycles. The fraction of sp³-hybridized carbons (Fsp3) is 0.846. The molecular weight excluding hydrogens is 641 g/mol. The minimum Gasteiger partial charge on any atom is -0.462 e. The Balaban J connectivity index is 4.22. The van der Waals surface area contributed by atoms with E-state index in [2.05, 4.69) is 38.2 Å². The number of nitrogens with two attached hydrogens (primary N) is 1. The molecule has 0 heterocycles. The third-order valence-electron chi connectivity index (χ3n) is 8.31. The topological polar surface area (TPSA) is 134 Å².